The Morgan fingerprint density at radius 2 is 2.00 bits per heavy atom. The third-order valence-corrected chi connectivity index (χ3v) is 2.62. The van der Waals surface area contributed by atoms with E-state index in [0.717, 1.165) is 5.56 Å². The first-order valence-corrected chi connectivity index (χ1v) is 6.25. The van der Waals surface area contributed by atoms with Crippen molar-refractivity contribution >= 4 is 11.9 Å². The lowest BCUT2D eigenvalue weighted by atomic mass is 10.1. The number of rotatable bonds is 7. The van der Waals surface area contributed by atoms with Crippen molar-refractivity contribution in [1.82, 2.24) is 5.32 Å². The fraction of sp³-hybridized carbons (Fsp3) is 0.429. The number of carbonyl (C=O) groups excluding carboxylic acids is 2. The molecule has 0 radical (unpaired) electrons. The molecule has 0 saturated carbocycles. The lowest BCUT2D eigenvalue weighted by Crippen LogP contribution is -2.34. The average Bonchev–Trinajstić information content (AvgIpc) is 2.43. The lowest BCUT2D eigenvalue weighted by molar-refractivity contribution is -0.147. The Kier molecular flexibility index (Phi) is 6.60. The van der Waals surface area contributed by atoms with Crippen molar-refractivity contribution in [3.8, 4) is 0 Å². The number of amides is 1. The predicted octanol–water partition coefficient (Wildman–Crippen LogP) is 0.864. The first kappa shape index (κ1) is 15.2. The third-order valence-electron chi connectivity index (χ3n) is 2.62. The lowest BCUT2D eigenvalue weighted by Gasteiger charge is -2.13. The van der Waals surface area contributed by atoms with Gasteiger partial charge in [0.05, 0.1) is 25.6 Å². The van der Waals surface area contributed by atoms with E-state index in [-0.39, 0.29) is 25.5 Å². The number of esters is 1. The van der Waals surface area contributed by atoms with Crippen molar-refractivity contribution in [3.05, 3.63) is 35.9 Å². The van der Waals surface area contributed by atoms with Crippen LogP contribution in [0.3, 0.4) is 0 Å². The Morgan fingerprint density at radius 1 is 1.32 bits per heavy atom. The maximum absolute atomic E-state index is 11.8. The Hall–Kier alpha value is -1.88. The SMILES string of the molecule is CCOC(=O)C[C@H](CO)C(=O)NCc1ccccc1. The summed E-state index contributed by atoms with van der Waals surface area (Å²) in [5, 5.41) is 11.8. The van der Waals surface area contributed by atoms with Gasteiger partial charge in [0.1, 0.15) is 0 Å². The van der Waals surface area contributed by atoms with Crippen LogP contribution in [0, 0.1) is 5.92 Å². The Balaban J connectivity index is 2.43. The minimum atomic E-state index is -0.761. The number of ether oxygens (including phenoxy) is 1. The van der Waals surface area contributed by atoms with Gasteiger partial charge in [-0.15, -0.1) is 0 Å². The summed E-state index contributed by atoms with van der Waals surface area (Å²) < 4.78 is 4.76. The highest BCUT2D eigenvalue weighted by Gasteiger charge is 2.21. The second-order valence-corrected chi connectivity index (χ2v) is 4.09. The van der Waals surface area contributed by atoms with Crippen molar-refractivity contribution in [1.29, 1.82) is 0 Å². The molecule has 2 N–H and O–H groups in total. The molecule has 5 nitrogen and oxygen atoms in total. The van der Waals surface area contributed by atoms with Gasteiger partial charge in [-0.1, -0.05) is 30.3 Å². The Bertz CT molecular complexity index is 405. The molecule has 1 atom stereocenters. The van der Waals surface area contributed by atoms with Crippen molar-refractivity contribution in [2.24, 2.45) is 5.92 Å². The fourth-order valence-corrected chi connectivity index (χ4v) is 1.59. The first-order chi connectivity index (χ1) is 9.17. The normalized spacial score (nSPS) is 11.7. The highest BCUT2D eigenvalue weighted by Crippen LogP contribution is 2.05. The van der Waals surface area contributed by atoms with Crippen molar-refractivity contribution < 1.29 is 19.4 Å². The molecule has 0 bridgehead atoms. The number of aliphatic hydroxyl groups excluding tert-OH is 1. The highest BCUT2D eigenvalue weighted by molar-refractivity contribution is 5.83. The van der Waals surface area contributed by atoms with Crippen LogP contribution in [-0.2, 0) is 20.9 Å². The van der Waals surface area contributed by atoms with Gasteiger partial charge in [0.25, 0.3) is 0 Å². The third kappa shape index (κ3) is 5.52. The quantitative estimate of drug-likeness (QED) is 0.717. The molecule has 104 valence electrons. The molecule has 0 heterocycles. The van der Waals surface area contributed by atoms with Gasteiger partial charge in [-0.2, -0.15) is 0 Å². The van der Waals surface area contributed by atoms with E-state index in [2.05, 4.69) is 5.32 Å². The highest BCUT2D eigenvalue weighted by atomic mass is 16.5. The number of carbonyl (C=O) groups is 2. The van der Waals surface area contributed by atoms with Crippen LogP contribution < -0.4 is 5.32 Å². The van der Waals surface area contributed by atoms with Crippen LogP contribution in [0.1, 0.15) is 18.9 Å². The topological polar surface area (TPSA) is 75.6 Å². The van der Waals surface area contributed by atoms with Crippen LogP contribution in [0.25, 0.3) is 0 Å². The summed E-state index contributed by atoms with van der Waals surface area (Å²) in [6, 6.07) is 9.43. The van der Waals surface area contributed by atoms with Gasteiger partial charge < -0.3 is 15.2 Å². The molecule has 0 aliphatic heterocycles. The molecule has 0 saturated heterocycles. The van der Waals surface area contributed by atoms with E-state index < -0.39 is 11.9 Å². The molecule has 0 aromatic heterocycles. The molecule has 19 heavy (non-hydrogen) atoms. The van der Waals surface area contributed by atoms with Gasteiger partial charge in [0.2, 0.25) is 5.91 Å². The van der Waals surface area contributed by atoms with Crippen molar-refractivity contribution in [3.63, 3.8) is 0 Å². The van der Waals surface area contributed by atoms with Gasteiger partial charge in [-0.25, -0.2) is 0 Å². The maximum atomic E-state index is 11.8. The number of nitrogens with one attached hydrogen (secondary N) is 1. The van der Waals surface area contributed by atoms with Crippen LogP contribution in [0.5, 0.6) is 0 Å². The molecule has 1 aromatic rings. The van der Waals surface area contributed by atoms with Crippen LogP contribution in [0.2, 0.25) is 0 Å². The molecule has 1 amide bonds. The van der Waals surface area contributed by atoms with Crippen molar-refractivity contribution in [2.75, 3.05) is 13.2 Å². The zero-order valence-electron chi connectivity index (χ0n) is 11.0. The van der Waals surface area contributed by atoms with E-state index in [4.69, 9.17) is 9.84 Å². The molecular formula is C14H19NO4. The summed E-state index contributed by atoms with van der Waals surface area (Å²) in [7, 11) is 0. The smallest absolute Gasteiger partial charge is 0.306 e. The van der Waals surface area contributed by atoms with Gasteiger partial charge in [0, 0.05) is 6.54 Å². The molecule has 0 fully saturated rings. The summed E-state index contributed by atoms with van der Waals surface area (Å²) in [5.41, 5.74) is 0.962. The number of hydrogen-bond acceptors (Lipinski definition) is 4. The van der Waals surface area contributed by atoms with Crippen LogP contribution in [-0.4, -0.2) is 30.2 Å². The summed E-state index contributed by atoms with van der Waals surface area (Å²) in [6.07, 6.45) is -0.106. The zero-order valence-corrected chi connectivity index (χ0v) is 11.0. The predicted molar refractivity (Wildman–Crippen MR) is 70.1 cm³/mol. The minimum absolute atomic E-state index is 0.106. The molecule has 0 unspecified atom stereocenters. The molecule has 0 aliphatic rings. The molecule has 0 aliphatic carbocycles. The first-order valence-electron chi connectivity index (χ1n) is 6.25. The van der Waals surface area contributed by atoms with Crippen molar-refractivity contribution in [2.45, 2.75) is 19.9 Å². The molecule has 1 rings (SSSR count). The minimum Gasteiger partial charge on any atom is -0.466 e. The summed E-state index contributed by atoms with van der Waals surface area (Å²) in [6.45, 7) is 1.96. The average molecular weight is 265 g/mol. The summed E-state index contributed by atoms with van der Waals surface area (Å²) in [5.74, 6) is -1.58. The van der Waals surface area contributed by atoms with Gasteiger partial charge in [0.15, 0.2) is 0 Å². The van der Waals surface area contributed by atoms with Crippen LogP contribution >= 0.6 is 0 Å². The van der Waals surface area contributed by atoms with E-state index in [9.17, 15) is 9.59 Å². The molecule has 5 heteroatoms. The summed E-state index contributed by atoms with van der Waals surface area (Å²) in [4.78, 5) is 23.1. The van der Waals surface area contributed by atoms with Gasteiger partial charge in [-0.05, 0) is 12.5 Å². The number of aliphatic hydroxyl groups is 1. The molecular weight excluding hydrogens is 246 g/mol. The van der Waals surface area contributed by atoms with Crippen LogP contribution in [0.15, 0.2) is 30.3 Å². The Labute approximate surface area is 112 Å². The van der Waals surface area contributed by atoms with Gasteiger partial charge >= 0.3 is 5.97 Å². The maximum Gasteiger partial charge on any atom is 0.306 e. The Morgan fingerprint density at radius 3 is 2.58 bits per heavy atom. The van der Waals surface area contributed by atoms with E-state index >= 15 is 0 Å². The second kappa shape index (κ2) is 8.26. The molecule has 1 aromatic carbocycles. The van der Waals surface area contributed by atoms with E-state index in [1.165, 1.54) is 0 Å². The zero-order chi connectivity index (χ0) is 14.1. The van der Waals surface area contributed by atoms with E-state index in [1.54, 1.807) is 6.92 Å². The van der Waals surface area contributed by atoms with E-state index in [0.29, 0.717) is 6.54 Å². The van der Waals surface area contributed by atoms with Gasteiger partial charge in [-0.3, -0.25) is 9.59 Å². The number of benzene rings is 1. The fourth-order valence-electron chi connectivity index (χ4n) is 1.59. The summed E-state index contributed by atoms with van der Waals surface area (Å²) >= 11 is 0. The largest absolute Gasteiger partial charge is 0.466 e. The monoisotopic (exact) mass is 265 g/mol. The van der Waals surface area contributed by atoms with Crippen LogP contribution in [0.4, 0.5) is 0 Å². The number of hydrogen-bond donors (Lipinski definition) is 2. The second-order valence-electron chi connectivity index (χ2n) is 4.09. The standard InChI is InChI=1S/C14H19NO4/c1-2-19-13(17)8-12(10-16)14(18)15-9-11-6-4-3-5-7-11/h3-7,12,16H,2,8-10H2,1H3,(H,15,18)/t12-/m1/s1. The van der Waals surface area contributed by atoms with E-state index in [1.807, 2.05) is 30.3 Å². The molecule has 0 spiro atoms.